The molecule has 3 nitrogen and oxygen atoms in total. The Balaban J connectivity index is 1.85. The standard InChI is InChI=1S/C13H22N2OS/c1-2-10(7-12(14)17)15-13(16)11-6-8-3-4-9(11)5-8/h8-11H,2-7H2,1H3,(H2,14,17)(H,15,16). The molecule has 4 heteroatoms. The molecule has 2 aliphatic rings. The maximum Gasteiger partial charge on any atom is 0.223 e. The van der Waals surface area contributed by atoms with E-state index in [1.807, 2.05) is 0 Å². The van der Waals surface area contributed by atoms with Crippen LogP contribution in [0.2, 0.25) is 0 Å². The van der Waals surface area contributed by atoms with Crippen molar-refractivity contribution in [2.24, 2.45) is 23.5 Å². The Kier molecular flexibility index (Phi) is 4.02. The first kappa shape index (κ1) is 12.8. The van der Waals surface area contributed by atoms with Gasteiger partial charge in [0.15, 0.2) is 0 Å². The maximum absolute atomic E-state index is 12.2. The van der Waals surface area contributed by atoms with Gasteiger partial charge in [-0.1, -0.05) is 25.6 Å². The van der Waals surface area contributed by atoms with Gasteiger partial charge < -0.3 is 11.1 Å². The second kappa shape index (κ2) is 5.34. The minimum absolute atomic E-state index is 0.124. The predicted molar refractivity (Wildman–Crippen MR) is 72.6 cm³/mol. The summed E-state index contributed by atoms with van der Waals surface area (Å²) in [5.74, 6) is 1.95. The molecule has 0 heterocycles. The fourth-order valence-corrected chi connectivity index (χ4v) is 3.62. The van der Waals surface area contributed by atoms with Crippen molar-refractivity contribution < 1.29 is 4.79 Å². The van der Waals surface area contributed by atoms with Crippen LogP contribution in [0.4, 0.5) is 0 Å². The summed E-state index contributed by atoms with van der Waals surface area (Å²) in [6.07, 6.45) is 6.46. The van der Waals surface area contributed by atoms with Gasteiger partial charge in [-0.05, 0) is 37.5 Å². The van der Waals surface area contributed by atoms with E-state index in [9.17, 15) is 4.79 Å². The summed E-state index contributed by atoms with van der Waals surface area (Å²) in [4.78, 5) is 12.7. The number of rotatable bonds is 5. The van der Waals surface area contributed by atoms with E-state index in [0.717, 1.165) is 18.8 Å². The normalized spacial score (nSPS) is 32.4. The lowest BCUT2D eigenvalue weighted by Crippen LogP contribution is -2.41. The van der Waals surface area contributed by atoms with E-state index >= 15 is 0 Å². The molecule has 17 heavy (non-hydrogen) atoms. The lowest BCUT2D eigenvalue weighted by Gasteiger charge is -2.24. The van der Waals surface area contributed by atoms with Crippen molar-refractivity contribution in [3.8, 4) is 0 Å². The second-order valence-corrected chi connectivity index (χ2v) is 6.09. The molecular formula is C13H22N2OS. The van der Waals surface area contributed by atoms with Gasteiger partial charge in [0.1, 0.15) is 0 Å². The summed E-state index contributed by atoms with van der Waals surface area (Å²) in [6.45, 7) is 2.06. The van der Waals surface area contributed by atoms with Crippen molar-refractivity contribution in [2.75, 3.05) is 0 Å². The van der Waals surface area contributed by atoms with Crippen molar-refractivity contribution in [2.45, 2.75) is 51.5 Å². The molecule has 96 valence electrons. The molecule has 1 amide bonds. The van der Waals surface area contributed by atoms with Gasteiger partial charge in [-0.25, -0.2) is 0 Å². The van der Waals surface area contributed by atoms with Gasteiger partial charge in [0.05, 0.1) is 4.99 Å². The SMILES string of the molecule is CCC(CC(N)=S)NC(=O)C1CC2CCC1C2. The number of carbonyl (C=O) groups excluding carboxylic acids is 1. The number of thiocarbonyl (C=S) groups is 1. The second-order valence-electron chi connectivity index (χ2n) is 5.57. The molecule has 2 rings (SSSR count). The third kappa shape index (κ3) is 2.97. The quantitative estimate of drug-likeness (QED) is 0.738. The molecule has 0 aromatic heterocycles. The summed E-state index contributed by atoms with van der Waals surface area (Å²) in [6, 6.07) is 0.124. The van der Waals surface area contributed by atoms with Gasteiger partial charge in [-0.3, -0.25) is 4.79 Å². The summed E-state index contributed by atoms with van der Waals surface area (Å²) < 4.78 is 0. The fraction of sp³-hybridized carbons (Fsp3) is 0.846. The highest BCUT2D eigenvalue weighted by atomic mass is 32.1. The highest BCUT2D eigenvalue weighted by Crippen LogP contribution is 2.48. The van der Waals surface area contributed by atoms with Crippen LogP contribution in [-0.4, -0.2) is 16.9 Å². The minimum atomic E-state index is 0.124. The molecule has 2 bridgehead atoms. The summed E-state index contributed by atoms with van der Waals surface area (Å²) in [7, 11) is 0. The topological polar surface area (TPSA) is 55.1 Å². The fourth-order valence-electron chi connectivity index (χ4n) is 3.41. The molecule has 2 aliphatic carbocycles. The maximum atomic E-state index is 12.2. The van der Waals surface area contributed by atoms with Crippen LogP contribution in [-0.2, 0) is 4.79 Å². The molecule has 2 saturated carbocycles. The van der Waals surface area contributed by atoms with E-state index in [4.69, 9.17) is 18.0 Å². The molecule has 3 N–H and O–H groups in total. The number of nitrogens with one attached hydrogen (secondary N) is 1. The number of hydrogen-bond acceptors (Lipinski definition) is 2. The Bertz CT molecular complexity index is 319. The zero-order chi connectivity index (χ0) is 12.4. The van der Waals surface area contributed by atoms with E-state index < -0.39 is 0 Å². The number of hydrogen-bond donors (Lipinski definition) is 2. The van der Waals surface area contributed by atoms with Gasteiger partial charge in [0.25, 0.3) is 0 Å². The Morgan fingerprint density at radius 1 is 1.47 bits per heavy atom. The number of amides is 1. The van der Waals surface area contributed by atoms with E-state index in [-0.39, 0.29) is 17.9 Å². The van der Waals surface area contributed by atoms with E-state index in [1.54, 1.807) is 0 Å². The minimum Gasteiger partial charge on any atom is -0.393 e. The van der Waals surface area contributed by atoms with Crippen LogP contribution in [0.1, 0.15) is 45.4 Å². The third-order valence-electron chi connectivity index (χ3n) is 4.36. The van der Waals surface area contributed by atoms with E-state index in [2.05, 4.69) is 12.2 Å². The first-order valence-electron chi connectivity index (χ1n) is 6.68. The van der Waals surface area contributed by atoms with Crippen LogP contribution in [0.5, 0.6) is 0 Å². The van der Waals surface area contributed by atoms with Crippen LogP contribution in [0.15, 0.2) is 0 Å². The Morgan fingerprint density at radius 3 is 2.71 bits per heavy atom. The summed E-state index contributed by atoms with van der Waals surface area (Å²) in [5.41, 5.74) is 5.54. The molecule has 0 aromatic rings. The van der Waals surface area contributed by atoms with Crippen molar-refractivity contribution in [1.29, 1.82) is 0 Å². The molecule has 4 unspecified atom stereocenters. The molecule has 0 aliphatic heterocycles. The molecule has 2 fully saturated rings. The highest BCUT2D eigenvalue weighted by Gasteiger charge is 2.43. The average molecular weight is 254 g/mol. The van der Waals surface area contributed by atoms with E-state index in [1.165, 1.54) is 19.3 Å². The van der Waals surface area contributed by atoms with Crippen molar-refractivity contribution >= 4 is 23.1 Å². The largest absolute Gasteiger partial charge is 0.393 e. The van der Waals surface area contributed by atoms with E-state index in [0.29, 0.717) is 17.3 Å². The van der Waals surface area contributed by atoms with Crippen LogP contribution >= 0.6 is 12.2 Å². The predicted octanol–water partition coefficient (Wildman–Crippen LogP) is 1.99. The Hall–Kier alpha value is -0.640. The van der Waals surface area contributed by atoms with Gasteiger partial charge >= 0.3 is 0 Å². The summed E-state index contributed by atoms with van der Waals surface area (Å²) >= 11 is 4.91. The third-order valence-corrected chi connectivity index (χ3v) is 4.53. The van der Waals surface area contributed by atoms with Crippen molar-refractivity contribution in [3.63, 3.8) is 0 Å². The number of fused-ring (bicyclic) bond motifs is 2. The van der Waals surface area contributed by atoms with Gasteiger partial charge in [-0.2, -0.15) is 0 Å². The van der Waals surface area contributed by atoms with Gasteiger partial charge in [-0.15, -0.1) is 0 Å². The van der Waals surface area contributed by atoms with Crippen LogP contribution < -0.4 is 11.1 Å². The monoisotopic (exact) mass is 254 g/mol. The molecule has 0 saturated heterocycles. The lowest BCUT2D eigenvalue weighted by molar-refractivity contribution is -0.127. The Morgan fingerprint density at radius 2 is 2.24 bits per heavy atom. The van der Waals surface area contributed by atoms with Gasteiger partial charge in [0.2, 0.25) is 5.91 Å². The first-order chi connectivity index (χ1) is 8.10. The number of nitrogens with two attached hydrogens (primary N) is 1. The first-order valence-corrected chi connectivity index (χ1v) is 7.09. The van der Waals surface area contributed by atoms with Crippen LogP contribution in [0.25, 0.3) is 0 Å². The zero-order valence-corrected chi connectivity index (χ0v) is 11.3. The van der Waals surface area contributed by atoms with Gasteiger partial charge in [0, 0.05) is 18.4 Å². The summed E-state index contributed by atoms with van der Waals surface area (Å²) in [5, 5.41) is 3.12. The molecule has 0 radical (unpaired) electrons. The van der Waals surface area contributed by atoms with Crippen LogP contribution in [0.3, 0.4) is 0 Å². The van der Waals surface area contributed by atoms with Crippen molar-refractivity contribution in [3.05, 3.63) is 0 Å². The smallest absolute Gasteiger partial charge is 0.223 e. The number of carbonyl (C=O) groups is 1. The zero-order valence-electron chi connectivity index (χ0n) is 10.4. The molecule has 0 aromatic carbocycles. The average Bonchev–Trinajstić information content (AvgIpc) is 2.88. The van der Waals surface area contributed by atoms with Crippen molar-refractivity contribution in [1.82, 2.24) is 5.32 Å². The Labute approximate surface area is 109 Å². The van der Waals surface area contributed by atoms with Crippen LogP contribution in [0, 0.1) is 17.8 Å². The molecule has 0 spiro atoms. The lowest BCUT2D eigenvalue weighted by atomic mass is 9.88. The highest BCUT2D eigenvalue weighted by molar-refractivity contribution is 7.80. The molecular weight excluding hydrogens is 232 g/mol. The molecule has 4 atom stereocenters.